The Bertz CT molecular complexity index is 1200. The number of carbonyl (C=O) groups excluding carboxylic acids is 2. The molecular formula is C26H30N4O4S. The Labute approximate surface area is 208 Å². The van der Waals surface area contributed by atoms with Crippen LogP contribution in [-0.2, 0) is 27.2 Å². The number of aryl methyl sites for hydroxylation is 2. The summed E-state index contributed by atoms with van der Waals surface area (Å²) in [7, 11) is 1.36. The fourth-order valence-corrected chi connectivity index (χ4v) is 5.85. The van der Waals surface area contributed by atoms with Crippen molar-refractivity contribution in [3.63, 3.8) is 0 Å². The lowest BCUT2D eigenvalue weighted by atomic mass is 10.1. The molecule has 9 heteroatoms. The van der Waals surface area contributed by atoms with E-state index in [1.807, 2.05) is 46.8 Å². The van der Waals surface area contributed by atoms with Crippen molar-refractivity contribution in [1.29, 1.82) is 0 Å². The van der Waals surface area contributed by atoms with Crippen molar-refractivity contribution in [1.82, 2.24) is 9.55 Å². The van der Waals surface area contributed by atoms with Crippen LogP contribution in [0, 0.1) is 5.92 Å². The Morgan fingerprint density at radius 2 is 2.11 bits per heavy atom. The zero-order valence-corrected chi connectivity index (χ0v) is 20.6. The van der Waals surface area contributed by atoms with Gasteiger partial charge in [0, 0.05) is 30.3 Å². The number of rotatable bonds is 8. The van der Waals surface area contributed by atoms with Gasteiger partial charge < -0.3 is 24.7 Å². The smallest absolute Gasteiger partial charge is 0.356 e. The van der Waals surface area contributed by atoms with E-state index in [0.29, 0.717) is 55.7 Å². The molecule has 35 heavy (non-hydrogen) atoms. The highest BCUT2D eigenvalue weighted by Gasteiger charge is 2.30. The van der Waals surface area contributed by atoms with Gasteiger partial charge in [-0.05, 0) is 36.6 Å². The van der Waals surface area contributed by atoms with E-state index in [0.717, 1.165) is 34.6 Å². The largest absolute Gasteiger partial charge is 0.464 e. The molecular weight excluding hydrogens is 464 g/mol. The van der Waals surface area contributed by atoms with Gasteiger partial charge in [0.25, 0.3) is 0 Å². The summed E-state index contributed by atoms with van der Waals surface area (Å²) in [5.41, 5.74) is 3.43. The molecule has 1 amide bonds. The molecule has 2 saturated heterocycles. The maximum absolute atomic E-state index is 13.1. The van der Waals surface area contributed by atoms with Gasteiger partial charge in [-0.15, -0.1) is 0 Å². The number of esters is 1. The van der Waals surface area contributed by atoms with Crippen LogP contribution >= 0.6 is 11.8 Å². The van der Waals surface area contributed by atoms with Crippen LogP contribution in [0.5, 0.6) is 0 Å². The summed E-state index contributed by atoms with van der Waals surface area (Å²) < 4.78 is 12.4. The summed E-state index contributed by atoms with van der Waals surface area (Å²) in [6.07, 6.45) is 4.27. The number of thioether (sulfide) groups is 1. The molecule has 8 nitrogen and oxygen atoms in total. The molecule has 2 aliphatic rings. The average Bonchev–Trinajstić information content (AvgIpc) is 3.65. The van der Waals surface area contributed by atoms with E-state index in [1.54, 1.807) is 0 Å². The topological polar surface area (TPSA) is 94.5 Å². The number of ether oxygens (including phenoxy) is 2. The van der Waals surface area contributed by atoms with Gasteiger partial charge in [0.1, 0.15) is 5.65 Å². The molecule has 2 unspecified atom stereocenters. The molecule has 0 aliphatic carbocycles. The molecule has 2 N–H and O–H groups in total. The number of anilines is 2. The lowest BCUT2D eigenvalue weighted by molar-refractivity contribution is -0.119. The maximum Gasteiger partial charge on any atom is 0.356 e. The van der Waals surface area contributed by atoms with Gasteiger partial charge >= 0.3 is 5.97 Å². The second-order valence-electron chi connectivity index (χ2n) is 8.95. The van der Waals surface area contributed by atoms with Crippen LogP contribution in [0.15, 0.2) is 42.6 Å². The number of nitrogens with zero attached hydrogens (tertiary/aromatic N) is 2. The molecule has 0 spiro atoms. The minimum absolute atomic E-state index is 0.152. The summed E-state index contributed by atoms with van der Waals surface area (Å²) in [4.78, 5) is 30.9. The fourth-order valence-electron chi connectivity index (χ4n) is 4.69. The van der Waals surface area contributed by atoms with E-state index < -0.39 is 5.97 Å². The normalized spacial score (nSPS) is 19.7. The Hall–Kier alpha value is -3.04. The molecule has 0 bridgehead atoms. The minimum Gasteiger partial charge on any atom is -0.464 e. The number of hydrogen-bond donors (Lipinski definition) is 2. The standard InChI is InChI=1S/C26H30N4O4S/c1-33-26(32)23-22(29-25(31)18-8-11-34-15-18)21-13-20(28-19-9-12-35-16-19)14-27-24(21)30(23)10-7-17-5-3-2-4-6-17/h2-6,13-14,18-19,28H,7-12,15-16H2,1H3,(H,29,31). The second-order valence-corrected chi connectivity index (χ2v) is 10.1. The number of nitrogens with one attached hydrogen (secondary N) is 2. The first-order chi connectivity index (χ1) is 17.1. The third-order valence-electron chi connectivity index (χ3n) is 6.59. The van der Waals surface area contributed by atoms with E-state index in [4.69, 9.17) is 14.5 Å². The molecule has 3 aromatic rings. The van der Waals surface area contributed by atoms with Gasteiger partial charge in [-0.25, -0.2) is 9.78 Å². The highest BCUT2D eigenvalue weighted by atomic mass is 32.2. The van der Waals surface area contributed by atoms with Crippen LogP contribution in [0.25, 0.3) is 11.0 Å². The van der Waals surface area contributed by atoms with Crippen molar-refractivity contribution in [3.05, 3.63) is 53.9 Å². The number of benzene rings is 1. The van der Waals surface area contributed by atoms with Crippen LogP contribution < -0.4 is 10.6 Å². The van der Waals surface area contributed by atoms with Gasteiger partial charge in [-0.3, -0.25) is 4.79 Å². The number of carbonyl (C=O) groups is 2. The molecule has 2 aromatic heterocycles. The Kier molecular flexibility index (Phi) is 7.24. The van der Waals surface area contributed by atoms with Gasteiger partial charge in [0.15, 0.2) is 5.69 Å². The predicted molar refractivity (Wildman–Crippen MR) is 138 cm³/mol. The monoisotopic (exact) mass is 494 g/mol. The highest BCUT2D eigenvalue weighted by molar-refractivity contribution is 7.99. The van der Waals surface area contributed by atoms with E-state index in [9.17, 15) is 9.59 Å². The predicted octanol–water partition coefficient (Wildman–Crippen LogP) is 3.96. The lowest BCUT2D eigenvalue weighted by Gasteiger charge is -2.13. The number of hydrogen-bond acceptors (Lipinski definition) is 7. The molecule has 2 aliphatic heterocycles. The Morgan fingerprint density at radius 3 is 2.83 bits per heavy atom. The van der Waals surface area contributed by atoms with Crippen molar-refractivity contribution < 1.29 is 19.1 Å². The third kappa shape index (κ3) is 5.16. The van der Waals surface area contributed by atoms with Gasteiger partial charge in [0.2, 0.25) is 5.91 Å². The number of fused-ring (bicyclic) bond motifs is 1. The van der Waals surface area contributed by atoms with E-state index >= 15 is 0 Å². The number of pyridine rings is 1. The third-order valence-corrected chi connectivity index (χ3v) is 7.76. The number of aromatic nitrogens is 2. The Balaban J connectivity index is 1.56. The quantitative estimate of drug-likeness (QED) is 0.458. The van der Waals surface area contributed by atoms with Crippen LogP contribution in [0.1, 0.15) is 28.9 Å². The van der Waals surface area contributed by atoms with Crippen molar-refractivity contribution in [2.75, 3.05) is 42.5 Å². The minimum atomic E-state index is -0.504. The van der Waals surface area contributed by atoms with E-state index in [1.165, 1.54) is 7.11 Å². The van der Waals surface area contributed by atoms with Crippen LogP contribution in [0.4, 0.5) is 11.4 Å². The van der Waals surface area contributed by atoms with E-state index in [-0.39, 0.29) is 11.8 Å². The molecule has 0 radical (unpaired) electrons. The van der Waals surface area contributed by atoms with Crippen molar-refractivity contribution in [2.24, 2.45) is 5.92 Å². The average molecular weight is 495 g/mol. The number of methoxy groups -OCH3 is 1. The SMILES string of the molecule is COC(=O)c1c(NC(=O)C2CCOC2)c2cc(NC3CCSC3)cnc2n1CCc1ccccc1. The molecule has 2 fully saturated rings. The zero-order chi connectivity index (χ0) is 24.2. The van der Waals surface area contributed by atoms with Crippen LogP contribution in [0.2, 0.25) is 0 Å². The maximum atomic E-state index is 13.1. The van der Waals surface area contributed by atoms with E-state index in [2.05, 4.69) is 22.8 Å². The second kappa shape index (κ2) is 10.7. The molecule has 4 heterocycles. The molecule has 184 valence electrons. The van der Waals surface area contributed by atoms with Crippen molar-refractivity contribution >= 4 is 46.0 Å². The Morgan fingerprint density at radius 1 is 1.26 bits per heavy atom. The van der Waals surface area contributed by atoms with Gasteiger partial charge in [0.05, 0.1) is 37.2 Å². The highest BCUT2D eigenvalue weighted by Crippen LogP contribution is 2.34. The fraction of sp³-hybridized carbons (Fsp3) is 0.423. The first-order valence-electron chi connectivity index (χ1n) is 12.0. The molecule has 2 atom stereocenters. The van der Waals surface area contributed by atoms with Gasteiger partial charge in [-0.1, -0.05) is 30.3 Å². The summed E-state index contributed by atoms with van der Waals surface area (Å²) in [6, 6.07) is 12.5. The summed E-state index contributed by atoms with van der Waals surface area (Å²) in [5.74, 6) is 1.29. The zero-order valence-electron chi connectivity index (χ0n) is 19.8. The van der Waals surface area contributed by atoms with Crippen molar-refractivity contribution in [3.8, 4) is 0 Å². The van der Waals surface area contributed by atoms with Gasteiger partial charge in [-0.2, -0.15) is 11.8 Å². The first kappa shape index (κ1) is 23.7. The first-order valence-corrected chi connectivity index (χ1v) is 13.2. The van der Waals surface area contributed by atoms with Crippen LogP contribution in [-0.4, -0.2) is 59.3 Å². The summed E-state index contributed by atoms with van der Waals surface area (Å²) in [6.45, 7) is 1.47. The molecule has 0 saturated carbocycles. The van der Waals surface area contributed by atoms with Crippen LogP contribution in [0.3, 0.4) is 0 Å². The molecule has 1 aromatic carbocycles. The molecule has 5 rings (SSSR count). The summed E-state index contributed by atoms with van der Waals surface area (Å²) in [5, 5.41) is 7.32. The lowest BCUT2D eigenvalue weighted by Crippen LogP contribution is -2.24. The summed E-state index contributed by atoms with van der Waals surface area (Å²) >= 11 is 1.93. The van der Waals surface area contributed by atoms with Crippen molar-refractivity contribution in [2.45, 2.75) is 31.8 Å². The number of amides is 1.